The van der Waals surface area contributed by atoms with Crippen molar-refractivity contribution in [3.8, 4) is 0 Å². The van der Waals surface area contributed by atoms with E-state index in [0.717, 1.165) is 31.5 Å². The number of benzene rings is 1. The average Bonchev–Trinajstić information content (AvgIpc) is 2.73. The van der Waals surface area contributed by atoms with E-state index in [-0.39, 0.29) is 11.9 Å². The summed E-state index contributed by atoms with van der Waals surface area (Å²) >= 11 is 6.19. The van der Waals surface area contributed by atoms with Gasteiger partial charge in [-0.15, -0.1) is 0 Å². The molecule has 1 aromatic rings. The highest BCUT2D eigenvalue weighted by Gasteiger charge is 2.34. The molecule has 0 aliphatic carbocycles. The first kappa shape index (κ1) is 13.8. The maximum absolute atomic E-state index is 13.1. The molecule has 1 aliphatic rings. The van der Waals surface area contributed by atoms with Crippen molar-refractivity contribution < 1.29 is 4.39 Å². The first-order valence-corrected chi connectivity index (χ1v) is 6.94. The molecule has 18 heavy (non-hydrogen) atoms. The van der Waals surface area contributed by atoms with Crippen molar-refractivity contribution in [2.45, 2.75) is 25.8 Å². The molecular weight excluding hydrogens is 251 g/mol. The van der Waals surface area contributed by atoms with Gasteiger partial charge in [-0.1, -0.05) is 24.6 Å². The molecule has 2 unspecified atom stereocenters. The van der Waals surface area contributed by atoms with Gasteiger partial charge in [0, 0.05) is 11.1 Å². The topological polar surface area (TPSA) is 29.3 Å². The molecule has 4 heteroatoms. The van der Waals surface area contributed by atoms with Gasteiger partial charge >= 0.3 is 0 Å². The van der Waals surface area contributed by atoms with Crippen molar-refractivity contribution in [2.24, 2.45) is 11.7 Å². The molecule has 2 N–H and O–H groups in total. The molecule has 2 rings (SSSR count). The van der Waals surface area contributed by atoms with Crippen molar-refractivity contribution in [3.63, 3.8) is 0 Å². The highest BCUT2D eigenvalue weighted by Crippen LogP contribution is 2.39. The lowest BCUT2D eigenvalue weighted by Gasteiger charge is -2.28. The normalized spacial score (nSPS) is 24.7. The van der Waals surface area contributed by atoms with Crippen molar-refractivity contribution >= 4 is 11.6 Å². The predicted octanol–water partition coefficient (Wildman–Crippen LogP) is 3.21. The van der Waals surface area contributed by atoms with Gasteiger partial charge < -0.3 is 5.73 Å². The Kier molecular flexibility index (Phi) is 4.60. The molecule has 0 aromatic heterocycles. The number of nitrogens with zero attached hydrogens (tertiary/aromatic N) is 1. The Morgan fingerprint density at radius 1 is 1.50 bits per heavy atom. The van der Waals surface area contributed by atoms with Gasteiger partial charge in [-0.2, -0.15) is 0 Å². The van der Waals surface area contributed by atoms with E-state index < -0.39 is 0 Å². The molecule has 0 bridgehead atoms. The predicted molar refractivity (Wildman–Crippen MR) is 73.2 cm³/mol. The maximum atomic E-state index is 13.1. The molecule has 1 aliphatic heterocycles. The van der Waals surface area contributed by atoms with E-state index in [1.807, 2.05) is 0 Å². The Balaban J connectivity index is 2.31. The summed E-state index contributed by atoms with van der Waals surface area (Å²) in [7, 11) is 0. The summed E-state index contributed by atoms with van der Waals surface area (Å²) < 4.78 is 13.1. The van der Waals surface area contributed by atoms with Crippen LogP contribution >= 0.6 is 11.6 Å². The SMILES string of the molecule is CCCN1CCC(CN)C1c1ccc(F)cc1Cl. The fraction of sp³-hybridized carbons (Fsp3) is 0.571. The molecular formula is C14H20ClFN2. The minimum atomic E-state index is -0.284. The number of hydrogen-bond acceptors (Lipinski definition) is 2. The zero-order valence-electron chi connectivity index (χ0n) is 10.7. The number of rotatable bonds is 4. The van der Waals surface area contributed by atoms with Crippen LogP contribution in [-0.4, -0.2) is 24.5 Å². The molecule has 1 aromatic carbocycles. The fourth-order valence-electron chi connectivity index (χ4n) is 2.90. The monoisotopic (exact) mass is 270 g/mol. The zero-order chi connectivity index (χ0) is 13.1. The van der Waals surface area contributed by atoms with Crippen LogP contribution in [0.4, 0.5) is 4.39 Å². The molecule has 1 heterocycles. The van der Waals surface area contributed by atoms with Crippen molar-refractivity contribution in [2.75, 3.05) is 19.6 Å². The summed E-state index contributed by atoms with van der Waals surface area (Å²) in [5.74, 6) is 0.132. The van der Waals surface area contributed by atoms with Gasteiger partial charge in [0.2, 0.25) is 0 Å². The lowest BCUT2D eigenvalue weighted by Crippen LogP contribution is -2.29. The quantitative estimate of drug-likeness (QED) is 0.910. The Labute approximate surface area is 113 Å². The first-order valence-electron chi connectivity index (χ1n) is 6.56. The second kappa shape index (κ2) is 6.00. The fourth-order valence-corrected chi connectivity index (χ4v) is 3.18. The van der Waals surface area contributed by atoms with Crippen LogP contribution in [0.3, 0.4) is 0 Å². The summed E-state index contributed by atoms with van der Waals surface area (Å²) in [4.78, 5) is 2.41. The molecule has 0 amide bonds. The molecule has 1 fully saturated rings. The third kappa shape index (κ3) is 2.68. The van der Waals surface area contributed by atoms with Crippen molar-refractivity contribution in [3.05, 3.63) is 34.6 Å². The number of likely N-dealkylation sites (tertiary alicyclic amines) is 1. The second-order valence-electron chi connectivity index (χ2n) is 4.93. The summed E-state index contributed by atoms with van der Waals surface area (Å²) in [6, 6.07) is 4.92. The third-order valence-electron chi connectivity index (χ3n) is 3.72. The van der Waals surface area contributed by atoms with Crippen LogP contribution < -0.4 is 5.73 Å². The van der Waals surface area contributed by atoms with E-state index >= 15 is 0 Å². The van der Waals surface area contributed by atoms with E-state index in [1.165, 1.54) is 12.1 Å². The molecule has 0 spiro atoms. The van der Waals surface area contributed by atoms with Crippen molar-refractivity contribution in [1.29, 1.82) is 0 Å². The Morgan fingerprint density at radius 3 is 2.89 bits per heavy atom. The number of hydrogen-bond donors (Lipinski definition) is 1. The molecule has 100 valence electrons. The van der Waals surface area contributed by atoms with Gasteiger partial charge in [0.1, 0.15) is 5.82 Å². The van der Waals surface area contributed by atoms with E-state index in [0.29, 0.717) is 17.5 Å². The zero-order valence-corrected chi connectivity index (χ0v) is 11.5. The standard InChI is InChI=1S/C14H20ClFN2/c1-2-6-18-7-5-10(9-17)14(18)12-4-3-11(16)8-13(12)15/h3-4,8,10,14H,2,5-7,9,17H2,1H3. The Morgan fingerprint density at radius 2 is 2.28 bits per heavy atom. The minimum absolute atomic E-state index is 0.239. The molecule has 1 saturated heterocycles. The number of halogens is 2. The molecule has 2 atom stereocenters. The summed E-state index contributed by atoms with van der Waals surface area (Å²) in [6.07, 6.45) is 2.20. The van der Waals surface area contributed by atoms with E-state index in [9.17, 15) is 4.39 Å². The van der Waals surface area contributed by atoms with Crippen LogP contribution in [0.2, 0.25) is 5.02 Å². The van der Waals surface area contributed by atoms with Gasteiger partial charge in [0.15, 0.2) is 0 Å². The van der Waals surface area contributed by atoms with Gasteiger partial charge in [-0.3, -0.25) is 4.90 Å². The summed E-state index contributed by atoms with van der Waals surface area (Å²) in [6.45, 7) is 4.90. The van der Waals surface area contributed by atoms with Gasteiger partial charge in [0.05, 0.1) is 0 Å². The van der Waals surface area contributed by atoms with Gasteiger partial charge in [0.25, 0.3) is 0 Å². The third-order valence-corrected chi connectivity index (χ3v) is 4.05. The second-order valence-corrected chi connectivity index (χ2v) is 5.34. The van der Waals surface area contributed by atoms with E-state index in [2.05, 4.69) is 11.8 Å². The smallest absolute Gasteiger partial charge is 0.124 e. The first-order chi connectivity index (χ1) is 8.67. The Hall–Kier alpha value is -0.640. The molecule has 2 nitrogen and oxygen atoms in total. The summed E-state index contributed by atoms with van der Waals surface area (Å²) in [5.41, 5.74) is 6.87. The van der Waals surface area contributed by atoms with Crippen LogP contribution in [0.25, 0.3) is 0 Å². The largest absolute Gasteiger partial charge is 0.330 e. The average molecular weight is 271 g/mol. The summed E-state index contributed by atoms with van der Waals surface area (Å²) in [5, 5.41) is 0.515. The van der Waals surface area contributed by atoms with E-state index in [1.54, 1.807) is 6.07 Å². The van der Waals surface area contributed by atoms with Crippen LogP contribution in [0.15, 0.2) is 18.2 Å². The van der Waals surface area contributed by atoms with Crippen LogP contribution in [0.5, 0.6) is 0 Å². The van der Waals surface area contributed by atoms with Crippen LogP contribution in [0, 0.1) is 11.7 Å². The number of nitrogens with two attached hydrogens (primary N) is 1. The molecule has 0 radical (unpaired) electrons. The van der Waals surface area contributed by atoms with Crippen LogP contribution in [0.1, 0.15) is 31.4 Å². The molecule has 0 saturated carbocycles. The van der Waals surface area contributed by atoms with Gasteiger partial charge in [-0.05, 0) is 56.1 Å². The lowest BCUT2D eigenvalue weighted by atomic mass is 9.93. The highest BCUT2D eigenvalue weighted by atomic mass is 35.5. The lowest BCUT2D eigenvalue weighted by molar-refractivity contribution is 0.230. The van der Waals surface area contributed by atoms with Crippen LogP contribution in [-0.2, 0) is 0 Å². The van der Waals surface area contributed by atoms with Crippen molar-refractivity contribution in [1.82, 2.24) is 4.90 Å². The Bertz CT molecular complexity index is 411. The maximum Gasteiger partial charge on any atom is 0.124 e. The minimum Gasteiger partial charge on any atom is -0.330 e. The van der Waals surface area contributed by atoms with Gasteiger partial charge in [-0.25, -0.2) is 4.39 Å². The highest BCUT2D eigenvalue weighted by molar-refractivity contribution is 6.31. The van der Waals surface area contributed by atoms with E-state index in [4.69, 9.17) is 17.3 Å².